The largest absolute Gasteiger partial charge is 0.478 e. The minimum Gasteiger partial charge on any atom is -0.478 e. The summed E-state index contributed by atoms with van der Waals surface area (Å²) >= 11 is 0. The Hall–Kier alpha value is -5.47. The average molecular weight is 608 g/mol. The van der Waals surface area contributed by atoms with Crippen molar-refractivity contribution in [3.05, 3.63) is 118 Å². The maximum atomic E-state index is 15.6. The molecule has 4 heterocycles. The van der Waals surface area contributed by atoms with Crippen molar-refractivity contribution in [2.75, 3.05) is 6.61 Å². The van der Waals surface area contributed by atoms with E-state index in [0.717, 1.165) is 11.8 Å². The monoisotopic (exact) mass is 607 g/mol. The SMILES string of the molecule is N#Cc1ccc(Cn2ccc3ccc(-c4cc(F)c(Cc5nc6ccc(C(=O)O)cc6n5C[C@@H]5CCO5)c(F)c4)nc32)c(F)c1. The van der Waals surface area contributed by atoms with Gasteiger partial charge in [-0.1, -0.05) is 6.07 Å². The van der Waals surface area contributed by atoms with Crippen LogP contribution < -0.4 is 0 Å². The van der Waals surface area contributed by atoms with Gasteiger partial charge in [-0.05, 0) is 67.1 Å². The molecule has 3 aromatic heterocycles. The van der Waals surface area contributed by atoms with E-state index in [1.165, 1.54) is 30.3 Å². The van der Waals surface area contributed by atoms with Crippen LogP contribution in [0.25, 0.3) is 33.3 Å². The molecule has 224 valence electrons. The van der Waals surface area contributed by atoms with Gasteiger partial charge < -0.3 is 19.0 Å². The average Bonchev–Trinajstić information content (AvgIpc) is 3.57. The van der Waals surface area contributed by atoms with Crippen molar-refractivity contribution >= 4 is 28.0 Å². The second kappa shape index (κ2) is 11.2. The Balaban J connectivity index is 1.21. The highest BCUT2D eigenvalue weighted by atomic mass is 19.1. The van der Waals surface area contributed by atoms with Gasteiger partial charge in [0.2, 0.25) is 0 Å². The first kappa shape index (κ1) is 28.3. The standard InChI is InChI=1S/C34H24F3N5O3/c35-26-11-19(16-38)1-2-22(26)17-41-9-7-20-3-5-29(40-33(20)41)23-12-27(36)25(28(37)13-23)15-32-39-30-6-4-21(34(43)44)14-31(30)42(32)18-24-8-10-45-24/h1-7,9,11-14,24H,8,10,15,17-18H2,(H,43,44)/t24-/m0/s1. The van der Waals surface area contributed by atoms with E-state index in [0.29, 0.717) is 46.9 Å². The first-order valence-electron chi connectivity index (χ1n) is 14.2. The molecule has 45 heavy (non-hydrogen) atoms. The summed E-state index contributed by atoms with van der Waals surface area (Å²) in [5.74, 6) is -2.75. The van der Waals surface area contributed by atoms with Gasteiger partial charge in [0.05, 0.1) is 53.1 Å². The summed E-state index contributed by atoms with van der Waals surface area (Å²) in [5.41, 5.74) is 2.65. The highest BCUT2D eigenvalue weighted by Crippen LogP contribution is 2.29. The number of hydrogen-bond acceptors (Lipinski definition) is 5. The van der Waals surface area contributed by atoms with Gasteiger partial charge in [0.15, 0.2) is 0 Å². The van der Waals surface area contributed by atoms with E-state index in [-0.39, 0.29) is 41.3 Å². The molecule has 3 aromatic carbocycles. The van der Waals surface area contributed by atoms with Gasteiger partial charge in [-0.15, -0.1) is 0 Å². The number of imidazole rings is 1. The van der Waals surface area contributed by atoms with E-state index >= 15 is 8.78 Å². The number of halogens is 3. The molecule has 1 saturated heterocycles. The topological polar surface area (TPSA) is 106 Å². The number of benzene rings is 3. The number of rotatable bonds is 8. The lowest BCUT2D eigenvalue weighted by Crippen LogP contribution is -2.31. The molecular formula is C34H24F3N5O3. The molecular weight excluding hydrogens is 583 g/mol. The van der Waals surface area contributed by atoms with Crippen LogP contribution in [-0.2, 0) is 24.2 Å². The molecule has 8 nitrogen and oxygen atoms in total. The van der Waals surface area contributed by atoms with E-state index in [9.17, 15) is 14.3 Å². The van der Waals surface area contributed by atoms with Crippen molar-refractivity contribution in [2.45, 2.75) is 32.0 Å². The van der Waals surface area contributed by atoms with Crippen LogP contribution in [0.5, 0.6) is 0 Å². The van der Waals surface area contributed by atoms with Crippen molar-refractivity contribution in [1.82, 2.24) is 19.1 Å². The van der Waals surface area contributed by atoms with Gasteiger partial charge in [-0.25, -0.2) is 27.9 Å². The maximum absolute atomic E-state index is 15.6. The fourth-order valence-corrected chi connectivity index (χ4v) is 5.63. The predicted octanol–water partition coefficient (Wildman–Crippen LogP) is 6.47. The summed E-state index contributed by atoms with van der Waals surface area (Å²) < 4.78 is 54.9. The molecule has 11 heteroatoms. The van der Waals surface area contributed by atoms with E-state index in [1.54, 1.807) is 45.7 Å². The molecule has 0 saturated carbocycles. The molecule has 0 spiro atoms. The Kier molecular flexibility index (Phi) is 7.06. The van der Waals surface area contributed by atoms with Crippen molar-refractivity contribution < 1.29 is 27.8 Å². The minimum absolute atomic E-state index is 0.0871. The zero-order valence-corrected chi connectivity index (χ0v) is 23.7. The van der Waals surface area contributed by atoms with Crippen molar-refractivity contribution in [3.63, 3.8) is 0 Å². The van der Waals surface area contributed by atoms with Crippen LogP contribution in [0.3, 0.4) is 0 Å². The Bertz CT molecular complexity index is 2160. The Morgan fingerprint density at radius 2 is 1.80 bits per heavy atom. The van der Waals surface area contributed by atoms with Crippen LogP contribution in [0.1, 0.15) is 39.3 Å². The second-order valence-electron chi connectivity index (χ2n) is 11.0. The van der Waals surface area contributed by atoms with Gasteiger partial charge in [0.25, 0.3) is 0 Å². The van der Waals surface area contributed by atoms with Crippen LogP contribution in [0.2, 0.25) is 0 Å². The fourth-order valence-electron chi connectivity index (χ4n) is 5.63. The van der Waals surface area contributed by atoms with Crippen LogP contribution >= 0.6 is 0 Å². The third kappa shape index (κ3) is 5.30. The summed E-state index contributed by atoms with van der Waals surface area (Å²) in [6.45, 7) is 1.15. The quantitative estimate of drug-likeness (QED) is 0.213. The molecule has 0 amide bonds. The number of carbonyl (C=O) groups is 1. The summed E-state index contributed by atoms with van der Waals surface area (Å²) in [6.07, 6.45) is 2.31. The van der Waals surface area contributed by atoms with E-state index < -0.39 is 23.4 Å². The van der Waals surface area contributed by atoms with Gasteiger partial charge in [-0.3, -0.25) is 0 Å². The highest BCUT2D eigenvalue weighted by molar-refractivity contribution is 5.92. The van der Waals surface area contributed by atoms with Gasteiger partial charge in [-0.2, -0.15) is 5.26 Å². The van der Waals surface area contributed by atoms with Gasteiger partial charge >= 0.3 is 5.97 Å². The summed E-state index contributed by atoms with van der Waals surface area (Å²) in [7, 11) is 0. The van der Waals surface area contributed by atoms with Crippen molar-refractivity contribution in [1.29, 1.82) is 5.26 Å². The number of fused-ring (bicyclic) bond motifs is 2. The van der Waals surface area contributed by atoms with Crippen LogP contribution in [0.15, 0.2) is 72.9 Å². The molecule has 6 aromatic rings. The lowest BCUT2D eigenvalue weighted by molar-refractivity contribution is -0.0589. The molecule has 0 unspecified atom stereocenters. The second-order valence-corrected chi connectivity index (χ2v) is 11.0. The first-order chi connectivity index (χ1) is 21.8. The highest BCUT2D eigenvalue weighted by Gasteiger charge is 2.24. The van der Waals surface area contributed by atoms with E-state index in [1.807, 2.05) is 12.1 Å². The van der Waals surface area contributed by atoms with Crippen LogP contribution in [0, 0.1) is 28.8 Å². The number of pyridine rings is 1. The number of nitrogens with zero attached hydrogens (tertiary/aromatic N) is 5. The molecule has 1 fully saturated rings. The van der Waals surface area contributed by atoms with Crippen molar-refractivity contribution in [2.24, 2.45) is 0 Å². The third-order valence-corrected chi connectivity index (χ3v) is 8.16. The molecule has 0 aliphatic carbocycles. The summed E-state index contributed by atoms with van der Waals surface area (Å²) in [4.78, 5) is 20.8. The minimum atomic E-state index is -1.08. The number of hydrogen-bond donors (Lipinski definition) is 1. The number of ether oxygens (including phenoxy) is 1. The number of carboxylic acids is 1. The molecule has 1 N–H and O–H groups in total. The Morgan fingerprint density at radius 3 is 2.49 bits per heavy atom. The lowest BCUT2D eigenvalue weighted by atomic mass is 10.0. The number of nitriles is 1. The number of carboxylic acid groups (broad SMARTS) is 1. The number of aromatic nitrogens is 4. The molecule has 0 bridgehead atoms. The van der Waals surface area contributed by atoms with Gasteiger partial charge in [0, 0.05) is 41.3 Å². The van der Waals surface area contributed by atoms with Crippen LogP contribution in [0.4, 0.5) is 13.2 Å². The van der Waals surface area contributed by atoms with Crippen molar-refractivity contribution in [3.8, 4) is 17.3 Å². The zero-order valence-electron chi connectivity index (χ0n) is 23.7. The lowest BCUT2D eigenvalue weighted by Gasteiger charge is -2.27. The first-order valence-corrected chi connectivity index (χ1v) is 14.2. The van der Waals surface area contributed by atoms with E-state index in [2.05, 4.69) is 9.97 Å². The molecule has 1 aliphatic heterocycles. The zero-order chi connectivity index (χ0) is 31.2. The van der Waals surface area contributed by atoms with E-state index in [4.69, 9.17) is 10.00 Å². The molecule has 7 rings (SSSR count). The fraction of sp³-hybridized carbons (Fsp3) is 0.176. The Labute approximate surface area is 254 Å². The number of aromatic carboxylic acids is 1. The normalized spacial score (nSPS) is 14.5. The smallest absolute Gasteiger partial charge is 0.335 e. The molecule has 1 atom stereocenters. The summed E-state index contributed by atoms with van der Waals surface area (Å²) in [6, 6.07) is 18.4. The van der Waals surface area contributed by atoms with Crippen LogP contribution in [-0.4, -0.2) is 42.9 Å². The maximum Gasteiger partial charge on any atom is 0.335 e. The molecule has 1 aliphatic rings. The van der Waals surface area contributed by atoms with Gasteiger partial charge in [0.1, 0.15) is 28.9 Å². The Morgan fingerprint density at radius 1 is 1.00 bits per heavy atom. The summed E-state index contributed by atoms with van der Waals surface area (Å²) in [5, 5.41) is 19.3. The third-order valence-electron chi connectivity index (χ3n) is 8.16. The predicted molar refractivity (Wildman–Crippen MR) is 159 cm³/mol. The molecule has 0 radical (unpaired) electrons.